The molecule has 2 N–H and O–H groups in total. The van der Waals surface area contributed by atoms with Crippen LogP contribution in [0.15, 0.2) is 84.9 Å². The number of alkyl halides is 2. The summed E-state index contributed by atoms with van der Waals surface area (Å²) < 4.78 is 28.8. The molecule has 0 unspecified atom stereocenters. The van der Waals surface area contributed by atoms with E-state index in [0.717, 1.165) is 11.3 Å². The van der Waals surface area contributed by atoms with Crippen molar-refractivity contribution in [1.29, 1.82) is 0 Å². The quantitative estimate of drug-likeness (QED) is 0.422. The molecule has 0 aliphatic carbocycles. The Morgan fingerprint density at radius 3 is 2.11 bits per heavy atom. The first-order valence-electron chi connectivity index (χ1n) is 8.59. The van der Waals surface area contributed by atoms with Gasteiger partial charge in [-0.25, -0.2) is 0 Å². The second-order valence-corrected chi connectivity index (χ2v) is 6.28. The Morgan fingerprint density at radius 1 is 0.893 bits per heavy atom. The van der Waals surface area contributed by atoms with Crippen LogP contribution in [0.25, 0.3) is 0 Å². The van der Waals surface area contributed by atoms with Crippen LogP contribution in [0.1, 0.15) is 5.56 Å². The SMILES string of the molecule is FC(F)Oc1ccc(NC(=S)NN(Cc2ccccc2)c2ccccc2)cc1. The predicted molar refractivity (Wildman–Crippen MR) is 111 cm³/mol. The Labute approximate surface area is 167 Å². The van der Waals surface area contributed by atoms with Crippen molar-refractivity contribution in [3.8, 4) is 5.75 Å². The maximum Gasteiger partial charge on any atom is 0.387 e. The summed E-state index contributed by atoms with van der Waals surface area (Å²) in [5, 5.41) is 5.35. The van der Waals surface area contributed by atoms with Crippen LogP contribution in [-0.4, -0.2) is 11.7 Å². The lowest BCUT2D eigenvalue weighted by Crippen LogP contribution is -2.44. The van der Waals surface area contributed by atoms with E-state index < -0.39 is 6.61 Å². The van der Waals surface area contributed by atoms with E-state index in [1.54, 1.807) is 12.1 Å². The van der Waals surface area contributed by atoms with E-state index in [0.29, 0.717) is 17.3 Å². The van der Waals surface area contributed by atoms with E-state index in [-0.39, 0.29) is 5.75 Å². The second-order valence-electron chi connectivity index (χ2n) is 5.88. The lowest BCUT2D eigenvalue weighted by atomic mass is 10.2. The fraction of sp³-hybridized carbons (Fsp3) is 0.0952. The van der Waals surface area contributed by atoms with Crippen molar-refractivity contribution in [2.45, 2.75) is 13.2 Å². The molecule has 0 amide bonds. The van der Waals surface area contributed by atoms with Gasteiger partial charge in [0.2, 0.25) is 0 Å². The highest BCUT2D eigenvalue weighted by atomic mass is 32.1. The Hall–Kier alpha value is -3.19. The van der Waals surface area contributed by atoms with E-state index in [4.69, 9.17) is 12.2 Å². The van der Waals surface area contributed by atoms with Crippen molar-refractivity contribution >= 4 is 28.7 Å². The number of hydrazine groups is 1. The first-order chi connectivity index (χ1) is 13.6. The van der Waals surface area contributed by atoms with Crippen LogP contribution in [0.5, 0.6) is 5.75 Å². The van der Waals surface area contributed by atoms with Gasteiger partial charge in [-0.15, -0.1) is 0 Å². The zero-order valence-electron chi connectivity index (χ0n) is 14.9. The van der Waals surface area contributed by atoms with Crippen molar-refractivity contribution in [2.24, 2.45) is 0 Å². The fourth-order valence-electron chi connectivity index (χ4n) is 2.57. The predicted octanol–water partition coefficient (Wildman–Crippen LogP) is 5.20. The molecule has 0 radical (unpaired) electrons. The number of thiocarbonyl (C=S) groups is 1. The van der Waals surface area contributed by atoms with Crippen molar-refractivity contribution in [2.75, 3.05) is 10.3 Å². The molecule has 3 aromatic carbocycles. The molecule has 4 nitrogen and oxygen atoms in total. The Morgan fingerprint density at radius 2 is 1.50 bits per heavy atom. The maximum atomic E-state index is 12.2. The summed E-state index contributed by atoms with van der Waals surface area (Å²) >= 11 is 5.42. The average Bonchev–Trinajstić information content (AvgIpc) is 2.70. The van der Waals surface area contributed by atoms with Crippen LogP contribution >= 0.6 is 12.2 Å². The summed E-state index contributed by atoms with van der Waals surface area (Å²) in [6.45, 7) is -2.24. The summed E-state index contributed by atoms with van der Waals surface area (Å²) in [6.07, 6.45) is 0. The second kappa shape index (κ2) is 9.66. The van der Waals surface area contributed by atoms with E-state index in [9.17, 15) is 8.78 Å². The summed E-state index contributed by atoms with van der Waals surface area (Å²) in [4.78, 5) is 0. The van der Waals surface area contributed by atoms with E-state index in [1.165, 1.54) is 12.1 Å². The molecule has 3 aromatic rings. The molecule has 0 bridgehead atoms. The third kappa shape index (κ3) is 5.92. The van der Waals surface area contributed by atoms with Gasteiger partial charge in [0.25, 0.3) is 0 Å². The van der Waals surface area contributed by atoms with Crippen LogP contribution < -0.4 is 20.5 Å². The standard InChI is InChI=1S/C21H19F2N3OS/c22-20(23)27-19-13-11-17(12-14-19)24-21(28)25-26(18-9-5-2-6-10-18)15-16-7-3-1-4-8-16/h1-14,20H,15H2,(H2,24,25,28). The summed E-state index contributed by atoms with van der Waals surface area (Å²) in [5.41, 5.74) is 5.91. The molecule has 0 spiro atoms. The molecule has 144 valence electrons. The molecular formula is C21H19F2N3OS. The Bertz CT molecular complexity index is 877. The van der Waals surface area contributed by atoms with Gasteiger partial charge in [0.15, 0.2) is 5.11 Å². The third-order valence-corrected chi connectivity index (χ3v) is 4.02. The van der Waals surface area contributed by atoms with Gasteiger partial charge < -0.3 is 10.1 Å². The number of nitrogens with one attached hydrogen (secondary N) is 2. The van der Waals surface area contributed by atoms with Gasteiger partial charge in [0.05, 0.1) is 12.2 Å². The smallest absolute Gasteiger partial charge is 0.387 e. The van der Waals surface area contributed by atoms with Gasteiger partial charge in [-0.2, -0.15) is 8.78 Å². The molecule has 0 atom stereocenters. The van der Waals surface area contributed by atoms with Gasteiger partial charge >= 0.3 is 6.61 Å². The topological polar surface area (TPSA) is 36.5 Å². The average molecular weight is 399 g/mol. The molecule has 0 aliphatic heterocycles. The molecule has 0 fully saturated rings. The summed E-state index contributed by atoms with van der Waals surface area (Å²) in [5.74, 6) is 0.0921. The fourth-order valence-corrected chi connectivity index (χ4v) is 2.80. The van der Waals surface area contributed by atoms with Crippen molar-refractivity contribution in [1.82, 2.24) is 5.43 Å². The minimum absolute atomic E-state index is 0.0921. The molecule has 28 heavy (non-hydrogen) atoms. The third-order valence-electron chi connectivity index (χ3n) is 3.83. The monoisotopic (exact) mass is 399 g/mol. The number of anilines is 2. The van der Waals surface area contributed by atoms with Crippen molar-refractivity contribution in [3.05, 3.63) is 90.5 Å². The van der Waals surface area contributed by atoms with E-state index in [1.807, 2.05) is 65.7 Å². The molecule has 0 heterocycles. The first-order valence-corrected chi connectivity index (χ1v) is 9.00. The highest BCUT2D eigenvalue weighted by Gasteiger charge is 2.10. The van der Waals surface area contributed by atoms with Gasteiger partial charge in [-0.05, 0) is 54.2 Å². The number of halogens is 2. The number of rotatable bonds is 7. The van der Waals surface area contributed by atoms with Crippen LogP contribution in [0.3, 0.4) is 0 Å². The van der Waals surface area contributed by atoms with Crippen molar-refractivity contribution < 1.29 is 13.5 Å². The highest BCUT2D eigenvalue weighted by molar-refractivity contribution is 7.80. The first kappa shape index (κ1) is 19.6. The van der Waals surface area contributed by atoms with Crippen LogP contribution in [-0.2, 0) is 6.54 Å². The summed E-state index contributed by atoms with van der Waals surface area (Å²) in [7, 11) is 0. The molecule has 0 aromatic heterocycles. The van der Waals surface area contributed by atoms with Gasteiger partial charge in [-0.1, -0.05) is 48.5 Å². The minimum atomic E-state index is -2.85. The lowest BCUT2D eigenvalue weighted by molar-refractivity contribution is -0.0498. The highest BCUT2D eigenvalue weighted by Crippen LogP contribution is 2.18. The maximum absolute atomic E-state index is 12.2. The van der Waals surface area contributed by atoms with Gasteiger partial charge in [-0.3, -0.25) is 10.4 Å². The Kier molecular flexibility index (Phi) is 6.75. The number of hydrogen-bond donors (Lipinski definition) is 2. The van der Waals surface area contributed by atoms with Gasteiger partial charge in [0.1, 0.15) is 5.75 Å². The minimum Gasteiger partial charge on any atom is -0.435 e. The summed E-state index contributed by atoms with van der Waals surface area (Å²) in [6, 6.07) is 26.0. The molecule has 0 saturated heterocycles. The van der Waals surface area contributed by atoms with Crippen LogP contribution in [0, 0.1) is 0 Å². The zero-order valence-corrected chi connectivity index (χ0v) is 15.7. The Balaban J connectivity index is 1.67. The molecule has 3 rings (SSSR count). The van der Waals surface area contributed by atoms with Crippen molar-refractivity contribution in [3.63, 3.8) is 0 Å². The number of para-hydroxylation sites is 1. The van der Waals surface area contributed by atoms with E-state index in [2.05, 4.69) is 15.5 Å². The lowest BCUT2D eigenvalue weighted by Gasteiger charge is -2.27. The molecule has 0 aliphatic rings. The molecular weight excluding hydrogens is 380 g/mol. The molecule has 7 heteroatoms. The molecule has 0 saturated carbocycles. The number of benzene rings is 3. The number of nitrogens with zero attached hydrogens (tertiary/aromatic N) is 1. The number of hydrogen-bond acceptors (Lipinski definition) is 3. The van der Waals surface area contributed by atoms with Crippen LogP contribution in [0.4, 0.5) is 20.2 Å². The largest absolute Gasteiger partial charge is 0.435 e. The van der Waals surface area contributed by atoms with Gasteiger partial charge in [0, 0.05) is 5.69 Å². The normalized spacial score (nSPS) is 10.4. The zero-order chi connectivity index (χ0) is 19.8. The number of ether oxygens (including phenoxy) is 1. The van der Waals surface area contributed by atoms with E-state index >= 15 is 0 Å². The van der Waals surface area contributed by atoms with Crippen LogP contribution in [0.2, 0.25) is 0 Å².